The van der Waals surface area contributed by atoms with Crippen molar-refractivity contribution in [1.82, 2.24) is 20.3 Å². The lowest BCUT2D eigenvalue weighted by Gasteiger charge is -2.47. The van der Waals surface area contributed by atoms with Gasteiger partial charge in [-0.1, -0.05) is 23.7 Å². The van der Waals surface area contributed by atoms with Crippen LogP contribution < -0.4 is 15.4 Å². The lowest BCUT2D eigenvalue weighted by Crippen LogP contribution is -2.59. The number of pyridine rings is 1. The smallest absolute Gasteiger partial charge is 0.207 e. The van der Waals surface area contributed by atoms with Crippen LogP contribution in [0.5, 0.6) is 11.5 Å². The van der Waals surface area contributed by atoms with E-state index < -0.39 is 0 Å². The molecule has 2 aromatic heterocycles. The average molecular weight is 470 g/mol. The van der Waals surface area contributed by atoms with E-state index >= 15 is 0 Å². The largest absolute Gasteiger partial charge is 0.454 e. The zero-order valence-corrected chi connectivity index (χ0v) is 19.5. The molecule has 6 rings (SSSR count). The Morgan fingerprint density at radius 2 is 1.97 bits per heavy atom. The highest BCUT2D eigenvalue weighted by atomic mass is 35.5. The Labute approximate surface area is 203 Å². The molecule has 2 aromatic carbocycles. The molecule has 1 aliphatic heterocycles. The van der Waals surface area contributed by atoms with Crippen LogP contribution in [0.4, 0.5) is 11.5 Å². The predicted molar refractivity (Wildman–Crippen MR) is 136 cm³/mol. The van der Waals surface area contributed by atoms with E-state index in [2.05, 4.69) is 31.5 Å². The van der Waals surface area contributed by atoms with Crippen LogP contribution in [0.3, 0.4) is 0 Å². The number of rotatable bonds is 4. The summed E-state index contributed by atoms with van der Waals surface area (Å²) in [4.78, 5) is 13.0. The van der Waals surface area contributed by atoms with Gasteiger partial charge in [-0.05, 0) is 80.6 Å². The Balaban J connectivity index is 0.000000343. The molecular weight excluding hydrogens is 446 g/mol. The molecule has 3 heterocycles. The van der Waals surface area contributed by atoms with Gasteiger partial charge in [0.15, 0.2) is 0 Å². The zero-order chi connectivity index (χ0) is 23.5. The van der Waals surface area contributed by atoms with Gasteiger partial charge in [-0.15, -0.1) is 6.42 Å². The first kappa shape index (κ1) is 22.1. The number of terminal acetylenes is 1. The third-order valence-corrected chi connectivity index (χ3v) is 6.39. The first-order valence-corrected chi connectivity index (χ1v) is 11.6. The van der Waals surface area contributed by atoms with Gasteiger partial charge in [-0.3, -0.25) is 4.98 Å². The summed E-state index contributed by atoms with van der Waals surface area (Å²) in [5, 5.41) is 7.93. The third-order valence-electron chi connectivity index (χ3n) is 6.10. The maximum atomic E-state index is 6.40. The minimum absolute atomic E-state index is 0.319. The Morgan fingerprint density at radius 3 is 2.59 bits per heavy atom. The molecule has 1 aliphatic carbocycles. The van der Waals surface area contributed by atoms with Crippen LogP contribution in [-0.2, 0) is 0 Å². The van der Waals surface area contributed by atoms with Crippen molar-refractivity contribution in [2.45, 2.75) is 25.8 Å². The molecule has 2 fully saturated rings. The van der Waals surface area contributed by atoms with Crippen molar-refractivity contribution in [1.29, 1.82) is 0 Å². The molecule has 0 radical (unpaired) electrons. The van der Waals surface area contributed by atoms with Gasteiger partial charge < -0.3 is 15.4 Å². The van der Waals surface area contributed by atoms with E-state index in [0.29, 0.717) is 28.2 Å². The van der Waals surface area contributed by atoms with Gasteiger partial charge in [0.2, 0.25) is 5.82 Å². The number of aryl methyl sites for hydroxylation is 1. The summed E-state index contributed by atoms with van der Waals surface area (Å²) in [5.74, 6) is 5.68. The van der Waals surface area contributed by atoms with Gasteiger partial charge in [0.1, 0.15) is 17.3 Å². The molecule has 170 valence electrons. The number of nitrogens with zero attached hydrogens (tertiary/aromatic N) is 3. The normalized spacial score (nSPS) is 17.8. The van der Waals surface area contributed by atoms with Gasteiger partial charge in [0.25, 0.3) is 0 Å². The number of fused-ring (bicyclic) bond motifs is 2. The van der Waals surface area contributed by atoms with E-state index in [1.54, 1.807) is 18.3 Å². The van der Waals surface area contributed by atoms with Crippen LogP contribution in [0.1, 0.15) is 24.4 Å². The number of ether oxygens (including phenoxy) is 1. The van der Waals surface area contributed by atoms with Crippen molar-refractivity contribution >= 4 is 34.0 Å². The highest BCUT2D eigenvalue weighted by Gasteiger charge is 2.37. The molecule has 0 bridgehead atoms. The van der Waals surface area contributed by atoms with Crippen LogP contribution in [0.25, 0.3) is 10.9 Å². The number of para-hydroxylation sites is 1. The van der Waals surface area contributed by atoms with E-state index in [4.69, 9.17) is 22.8 Å². The number of nitrogens with one attached hydrogen (secondary N) is 2. The van der Waals surface area contributed by atoms with Gasteiger partial charge in [0, 0.05) is 22.8 Å². The van der Waals surface area contributed by atoms with Crippen LogP contribution in [0, 0.1) is 25.2 Å². The van der Waals surface area contributed by atoms with Crippen molar-refractivity contribution < 1.29 is 4.74 Å². The second-order valence-corrected chi connectivity index (χ2v) is 8.82. The van der Waals surface area contributed by atoms with Crippen LogP contribution in [0.2, 0.25) is 5.02 Å². The molecule has 1 saturated carbocycles. The van der Waals surface area contributed by atoms with Crippen molar-refractivity contribution in [2.24, 2.45) is 5.92 Å². The number of halogens is 1. The fourth-order valence-corrected chi connectivity index (χ4v) is 4.12. The molecular formula is C27H24ClN5O. The summed E-state index contributed by atoms with van der Waals surface area (Å²) in [5.41, 5.74) is 2.44. The quantitative estimate of drug-likeness (QED) is 0.364. The lowest BCUT2D eigenvalue weighted by molar-refractivity contribution is 0.111. The van der Waals surface area contributed by atoms with E-state index in [1.165, 1.54) is 19.4 Å². The van der Waals surface area contributed by atoms with E-state index in [-0.39, 0.29) is 0 Å². The van der Waals surface area contributed by atoms with Gasteiger partial charge in [-0.2, -0.15) is 0 Å². The molecule has 7 heteroatoms. The number of aromatic nitrogens is 3. The van der Waals surface area contributed by atoms with Crippen LogP contribution in [0.15, 0.2) is 60.8 Å². The summed E-state index contributed by atoms with van der Waals surface area (Å²) in [6, 6.07) is 17.8. The van der Waals surface area contributed by atoms with Crippen LogP contribution in [-0.4, -0.2) is 27.5 Å². The van der Waals surface area contributed by atoms with E-state index in [9.17, 15) is 0 Å². The fraction of sp³-hybridized carbons (Fsp3) is 0.222. The highest BCUT2D eigenvalue weighted by molar-refractivity contribution is 6.32. The lowest BCUT2D eigenvalue weighted by atomic mass is 9.74. The Morgan fingerprint density at radius 1 is 1.12 bits per heavy atom. The van der Waals surface area contributed by atoms with Gasteiger partial charge >= 0.3 is 0 Å². The molecule has 0 amide bonds. The monoisotopic (exact) mass is 469 g/mol. The summed E-state index contributed by atoms with van der Waals surface area (Å²) in [7, 11) is 0. The Kier molecular flexibility index (Phi) is 6.31. The first-order valence-electron chi connectivity index (χ1n) is 11.2. The summed E-state index contributed by atoms with van der Waals surface area (Å²) >= 11 is 6.40. The second kappa shape index (κ2) is 9.68. The Bertz CT molecular complexity index is 1350. The molecule has 2 aliphatic rings. The number of hydrogen-bond donors (Lipinski definition) is 2. The maximum absolute atomic E-state index is 6.40. The zero-order valence-electron chi connectivity index (χ0n) is 18.8. The fourth-order valence-electron chi connectivity index (χ4n) is 3.90. The first-order chi connectivity index (χ1) is 16.6. The van der Waals surface area contributed by atoms with Gasteiger partial charge in [0.05, 0.1) is 16.7 Å². The molecule has 0 spiro atoms. The molecule has 1 saturated heterocycles. The van der Waals surface area contributed by atoms with Crippen molar-refractivity contribution in [3.63, 3.8) is 0 Å². The van der Waals surface area contributed by atoms with Crippen LogP contribution >= 0.6 is 11.6 Å². The van der Waals surface area contributed by atoms with E-state index in [1.807, 2.05) is 49.4 Å². The molecule has 34 heavy (non-hydrogen) atoms. The predicted octanol–water partition coefficient (Wildman–Crippen LogP) is 5.87. The number of piperidine rings is 1. The molecule has 4 aromatic rings. The van der Waals surface area contributed by atoms with Gasteiger partial charge in [-0.25, -0.2) is 9.97 Å². The SMILES string of the molecule is C#Cc1nc(Nc2ccc(Oc3ccc(C)nc3)c(Cl)c2)c2ccccc2n1.C1CC2NCC12. The minimum atomic E-state index is 0.319. The molecule has 2 unspecified atom stereocenters. The topological polar surface area (TPSA) is 72.0 Å². The second-order valence-electron chi connectivity index (χ2n) is 8.42. The number of anilines is 2. The molecule has 2 atom stereocenters. The summed E-state index contributed by atoms with van der Waals surface area (Å²) in [6.45, 7) is 3.23. The minimum Gasteiger partial charge on any atom is -0.454 e. The average Bonchev–Trinajstić information content (AvgIpc) is 2.84. The van der Waals surface area contributed by atoms with Crippen molar-refractivity contribution in [2.75, 3.05) is 11.9 Å². The Hall–Kier alpha value is -3.66. The maximum Gasteiger partial charge on any atom is 0.207 e. The van der Waals surface area contributed by atoms with E-state index in [0.717, 1.165) is 34.2 Å². The van der Waals surface area contributed by atoms with Crippen molar-refractivity contribution in [3.8, 4) is 23.8 Å². The highest BCUT2D eigenvalue weighted by Crippen LogP contribution is 2.34. The number of hydrogen-bond acceptors (Lipinski definition) is 6. The molecule has 6 nitrogen and oxygen atoms in total. The standard InChI is InChI=1S/C22H15ClN4O.C5H9N/c1-3-21-26-19-7-5-4-6-17(19)22(27-21)25-15-9-11-20(18(23)12-15)28-16-10-8-14(2)24-13-16;1-2-5-4(1)3-6-5/h1,4-13H,2H3,(H,25,26,27);4-6H,1-3H2. The van der Waals surface area contributed by atoms with Crippen molar-refractivity contribution in [3.05, 3.63) is 77.3 Å². The summed E-state index contributed by atoms with van der Waals surface area (Å²) < 4.78 is 5.80. The summed E-state index contributed by atoms with van der Waals surface area (Å²) in [6.07, 6.45) is 10.1. The third kappa shape index (κ3) is 4.81. The molecule has 2 N–H and O–H groups in total. The number of benzene rings is 2.